The standard InChI is InChI=1S/C13H19N/c1-4-6-13-9-12(10(3)14)8-7-11(13)5-2/h5,7-10H,2,4,6,14H2,1,3H3/t10-/m0/s1. The molecule has 0 aliphatic rings. The molecule has 0 aliphatic heterocycles. The molecule has 1 heteroatoms. The molecule has 0 amide bonds. The summed E-state index contributed by atoms with van der Waals surface area (Å²) in [6.45, 7) is 8.02. The summed E-state index contributed by atoms with van der Waals surface area (Å²) < 4.78 is 0. The lowest BCUT2D eigenvalue weighted by atomic mass is 9.98. The van der Waals surface area contributed by atoms with Gasteiger partial charge >= 0.3 is 0 Å². The number of hydrogen-bond donors (Lipinski definition) is 1. The van der Waals surface area contributed by atoms with Crippen molar-refractivity contribution in [3.63, 3.8) is 0 Å². The third-order valence-corrected chi connectivity index (χ3v) is 2.43. The van der Waals surface area contributed by atoms with E-state index in [-0.39, 0.29) is 6.04 Å². The molecule has 0 spiro atoms. The lowest BCUT2D eigenvalue weighted by Gasteiger charge is -2.10. The molecular formula is C13H19N. The molecule has 0 aliphatic carbocycles. The summed E-state index contributed by atoms with van der Waals surface area (Å²) >= 11 is 0. The van der Waals surface area contributed by atoms with Crippen molar-refractivity contribution < 1.29 is 0 Å². The molecule has 1 aromatic rings. The van der Waals surface area contributed by atoms with Gasteiger partial charge in [-0.25, -0.2) is 0 Å². The van der Waals surface area contributed by atoms with Gasteiger partial charge in [-0.05, 0) is 30.0 Å². The first kappa shape index (κ1) is 11.0. The topological polar surface area (TPSA) is 26.0 Å². The van der Waals surface area contributed by atoms with E-state index in [0.717, 1.165) is 12.8 Å². The molecule has 1 aromatic carbocycles. The lowest BCUT2D eigenvalue weighted by molar-refractivity contribution is 0.811. The van der Waals surface area contributed by atoms with Gasteiger partial charge in [-0.2, -0.15) is 0 Å². The highest BCUT2D eigenvalue weighted by atomic mass is 14.6. The van der Waals surface area contributed by atoms with Crippen molar-refractivity contribution in [3.05, 3.63) is 41.5 Å². The molecule has 0 radical (unpaired) electrons. The van der Waals surface area contributed by atoms with Crippen molar-refractivity contribution >= 4 is 6.08 Å². The largest absolute Gasteiger partial charge is 0.324 e. The average Bonchev–Trinajstić information content (AvgIpc) is 2.18. The molecule has 0 heterocycles. The number of rotatable bonds is 4. The summed E-state index contributed by atoms with van der Waals surface area (Å²) in [5.41, 5.74) is 9.64. The minimum absolute atomic E-state index is 0.115. The second-order valence-electron chi connectivity index (χ2n) is 3.70. The van der Waals surface area contributed by atoms with Crippen LogP contribution in [0.5, 0.6) is 0 Å². The van der Waals surface area contributed by atoms with Gasteiger partial charge in [0.2, 0.25) is 0 Å². The van der Waals surface area contributed by atoms with Gasteiger partial charge < -0.3 is 5.73 Å². The first-order valence-electron chi connectivity index (χ1n) is 5.19. The van der Waals surface area contributed by atoms with Crippen LogP contribution in [0.25, 0.3) is 6.08 Å². The monoisotopic (exact) mass is 189 g/mol. The third-order valence-electron chi connectivity index (χ3n) is 2.43. The molecule has 1 nitrogen and oxygen atoms in total. The molecule has 0 aromatic heterocycles. The van der Waals surface area contributed by atoms with E-state index in [1.165, 1.54) is 16.7 Å². The van der Waals surface area contributed by atoms with Crippen LogP contribution in [0.4, 0.5) is 0 Å². The highest BCUT2D eigenvalue weighted by Gasteiger charge is 2.03. The fourth-order valence-electron chi connectivity index (χ4n) is 1.59. The smallest absolute Gasteiger partial charge is 0.0266 e. The molecule has 0 fully saturated rings. The van der Waals surface area contributed by atoms with Gasteiger partial charge in [-0.3, -0.25) is 0 Å². The second-order valence-corrected chi connectivity index (χ2v) is 3.70. The van der Waals surface area contributed by atoms with E-state index < -0.39 is 0 Å². The molecule has 0 saturated heterocycles. The Kier molecular flexibility index (Phi) is 3.90. The Morgan fingerprint density at radius 3 is 2.71 bits per heavy atom. The van der Waals surface area contributed by atoms with Crippen molar-refractivity contribution in [1.82, 2.24) is 0 Å². The quantitative estimate of drug-likeness (QED) is 0.772. The lowest BCUT2D eigenvalue weighted by Crippen LogP contribution is -2.05. The molecule has 1 rings (SSSR count). The zero-order valence-corrected chi connectivity index (χ0v) is 9.09. The van der Waals surface area contributed by atoms with Crippen LogP contribution in [0, 0.1) is 0 Å². The number of benzene rings is 1. The van der Waals surface area contributed by atoms with Gasteiger partial charge in [-0.1, -0.05) is 44.2 Å². The average molecular weight is 189 g/mol. The molecule has 2 N–H and O–H groups in total. The predicted molar refractivity (Wildman–Crippen MR) is 63.1 cm³/mol. The minimum atomic E-state index is 0.115. The van der Waals surface area contributed by atoms with Crippen LogP contribution < -0.4 is 5.73 Å². The van der Waals surface area contributed by atoms with Crippen LogP contribution in [0.3, 0.4) is 0 Å². The van der Waals surface area contributed by atoms with Gasteiger partial charge in [0, 0.05) is 6.04 Å². The summed E-state index contributed by atoms with van der Waals surface area (Å²) in [6.07, 6.45) is 4.17. The fourth-order valence-corrected chi connectivity index (χ4v) is 1.59. The zero-order valence-electron chi connectivity index (χ0n) is 9.09. The van der Waals surface area contributed by atoms with Crippen LogP contribution in [0.2, 0.25) is 0 Å². The molecule has 0 saturated carbocycles. The Morgan fingerprint density at radius 1 is 1.50 bits per heavy atom. The molecule has 1 atom stereocenters. The van der Waals surface area contributed by atoms with Crippen LogP contribution in [0.1, 0.15) is 43.0 Å². The molecular weight excluding hydrogens is 170 g/mol. The Bertz CT molecular complexity index is 313. The van der Waals surface area contributed by atoms with Gasteiger partial charge in [0.1, 0.15) is 0 Å². The Morgan fingerprint density at radius 2 is 2.21 bits per heavy atom. The summed E-state index contributed by atoms with van der Waals surface area (Å²) in [6, 6.07) is 6.51. The summed E-state index contributed by atoms with van der Waals surface area (Å²) in [7, 11) is 0. The fraction of sp³-hybridized carbons (Fsp3) is 0.385. The highest BCUT2D eigenvalue weighted by Crippen LogP contribution is 2.18. The Labute approximate surface area is 86.6 Å². The van der Waals surface area contributed by atoms with Gasteiger partial charge in [0.25, 0.3) is 0 Å². The summed E-state index contributed by atoms with van der Waals surface area (Å²) in [4.78, 5) is 0. The van der Waals surface area contributed by atoms with Crippen LogP contribution >= 0.6 is 0 Å². The van der Waals surface area contributed by atoms with E-state index in [2.05, 4.69) is 31.7 Å². The zero-order chi connectivity index (χ0) is 10.6. The van der Waals surface area contributed by atoms with E-state index in [0.29, 0.717) is 0 Å². The SMILES string of the molecule is C=Cc1ccc([C@H](C)N)cc1CCC. The first-order valence-corrected chi connectivity index (χ1v) is 5.19. The number of aryl methyl sites for hydroxylation is 1. The van der Waals surface area contributed by atoms with Crippen molar-refractivity contribution in [2.75, 3.05) is 0 Å². The van der Waals surface area contributed by atoms with Crippen molar-refractivity contribution in [1.29, 1.82) is 0 Å². The van der Waals surface area contributed by atoms with Gasteiger partial charge in [-0.15, -0.1) is 0 Å². The van der Waals surface area contributed by atoms with Crippen LogP contribution in [-0.2, 0) is 6.42 Å². The Hall–Kier alpha value is -1.08. The van der Waals surface area contributed by atoms with E-state index in [9.17, 15) is 0 Å². The van der Waals surface area contributed by atoms with Crippen molar-refractivity contribution in [3.8, 4) is 0 Å². The van der Waals surface area contributed by atoms with Gasteiger partial charge in [0.05, 0.1) is 0 Å². The molecule has 76 valence electrons. The Balaban J connectivity index is 3.06. The number of hydrogen-bond acceptors (Lipinski definition) is 1. The molecule has 14 heavy (non-hydrogen) atoms. The normalized spacial score (nSPS) is 12.5. The highest BCUT2D eigenvalue weighted by molar-refractivity contribution is 5.53. The second kappa shape index (κ2) is 4.97. The maximum Gasteiger partial charge on any atom is 0.0266 e. The maximum atomic E-state index is 5.84. The maximum absolute atomic E-state index is 5.84. The van der Waals surface area contributed by atoms with Gasteiger partial charge in [0.15, 0.2) is 0 Å². The molecule has 0 unspecified atom stereocenters. The predicted octanol–water partition coefficient (Wildman–Crippen LogP) is 3.30. The third kappa shape index (κ3) is 2.46. The van der Waals surface area contributed by atoms with E-state index in [1.54, 1.807) is 0 Å². The summed E-state index contributed by atoms with van der Waals surface area (Å²) in [5, 5.41) is 0. The minimum Gasteiger partial charge on any atom is -0.324 e. The van der Waals surface area contributed by atoms with E-state index in [4.69, 9.17) is 5.73 Å². The summed E-state index contributed by atoms with van der Waals surface area (Å²) in [5.74, 6) is 0. The van der Waals surface area contributed by atoms with Crippen molar-refractivity contribution in [2.45, 2.75) is 32.7 Å². The van der Waals surface area contributed by atoms with Crippen LogP contribution in [-0.4, -0.2) is 0 Å². The van der Waals surface area contributed by atoms with Crippen molar-refractivity contribution in [2.24, 2.45) is 5.73 Å². The van der Waals surface area contributed by atoms with E-state index in [1.807, 2.05) is 13.0 Å². The number of nitrogens with two attached hydrogens (primary N) is 1. The van der Waals surface area contributed by atoms with Crippen LogP contribution in [0.15, 0.2) is 24.8 Å². The molecule has 0 bridgehead atoms. The first-order chi connectivity index (χ1) is 6.69. The van der Waals surface area contributed by atoms with E-state index >= 15 is 0 Å².